The molecule has 0 saturated carbocycles. The van der Waals surface area contributed by atoms with Crippen molar-refractivity contribution in [3.8, 4) is 22.8 Å². The zero-order valence-electron chi connectivity index (χ0n) is 27.1. The summed E-state index contributed by atoms with van der Waals surface area (Å²) in [5.74, 6) is 1.10. The molecule has 7 aromatic rings. The lowest BCUT2D eigenvalue weighted by molar-refractivity contribution is 0.487. The molecule has 0 radical (unpaired) electrons. The smallest absolute Gasteiger partial charge is 0.297 e. The average molecular weight is 623 g/mol. The van der Waals surface area contributed by atoms with Gasteiger partial charge in [0.2, 0.25) is 5.65 Å². The quantitative estimate of drug-likeness (QED) is 0.152. The van der Waals surface area contributed by atoms with Gasteiger partial charge in [-0.1, -0.05) is 105 Å². The third kappa shape index (κ3) is 5.27. The van der Waals surface area contributed by atoms with Crippen molar-refractivity contribution >= 4 is 5.65 Å². The van der Waals surface area contributed by atoms with Crippen LogP contribution in [0.4, 0.5) is 0 Å². The van der Waals surface area contributed by atoms with E-state index in [-0.39, 0.29) is 17.2 Å². The van der Waals surface area contributed by atoms with Crippen molar-refractivity contribution < 1.29 is 0 Å². The van der Waals surface area contributed by atoms with Crippen LogP contribution in [0.1, 0.15) is 56.8 Å². The van der Waals surface area contributed by atoms with Crippen molar-refractivity contribution in [3.05, 3.63) is 149 Å². The van der Waals surface area contributed by atoms with E-state index in [4.69, 9.17) is 10.1 Å². The third-order valence-electron chi connectivity index (χ3n) is 8.72. The molecule has 9 heteroatoms. The van der Waals surface area contributed by atoms with E-state index < -0.39 is 5.54 Å². The first kappa shape index (κ1) is 30.1. The summed E-state index contributed by atoms with van der Waals surface area (Å²) in [6, 6.07) is 31.2. The molecule has 4 aromatic heterocycles. The Morgan fingerprint density at radius 1 is 0.745 bits per heavy atom. The SMILES string of the molecule is CC(C)CCn1cc(-c2nn3c(-c4cn(C(c5ccccc5)(c5ccccc5)c5ccccc5)cn4)cnc3c(=O)n2C(C)C)cn1. The van der Waals surface area contributed by atoms with Crippen LogP contribution in [0, 0.1) is 5.92 Å². The normalized spacial score (nSPS) is 12.0. The molecule has 0 unspecified atom stereocenters. The predicted octanol–water partition coefficient (Wildman–Crippen LogP) is 7.09. The molecule has 0 spiro atoms. The van der Waals surface area contributed by atoms with E-state index >= 15 is 0 Å². The molecule has 0 fully saturated rings. The van der Waals surface area contributed by atoms with E-state index in [0.29, 0.717) is 23.1 Å². The molecule has 0 N–H and O–H groups in total. The maximum Gasteiger partial charge on any atom is 0.297 e. The van der Waals surface area contributed by atoms with Gasteiger partial charge in [-0.05, 0) is 42.9 Å². The number of rotatable bonds is 10. The van der Waals surface area contributed by atoms with Crippen LogP contribution in [-0.4, -0.2) is 38.5 Å². The molecule has 0 amide bonds. The lowest BCUT2D eigenvalue weighted by Gasteiger charge is -2.37. The second-order valence-electron chi connectivity index (χ2n) is 12.6. The van der Waals surface area contributed by atoms with Crippen molar-refractivity contribution in [1.29, 1.82) is 0 Å². The van der Waals surface area contributed by atoms with E-state index in [9.17, 15) is 4.79 Å². The summed E-state index contributed by atoms with van der Waals surface area (Å²) in [5.41, 5.74) is 4.65. The largest absolute Gasteiger partial charge is 0.318 e. The highest BCUT2D eigenvalue weighted by molar-refractivity contribution is 5.62. The van der Waals surface area contributed by atoms with Crippen LogP contribution in [-0.2, 0) is 12.1 Å². The molecular weight excluding hydrogens is 584 g/mol. The van der Waals surface area contributed by atoms with Gasteiger partial charge in [-0.2, -0.15) is 5.10 Å². The van der Waals surface area contributed by atoms with Crippen molar-refractivity contribution in [2.45, 2.75) is 52.2 Å². The molecule has 7 rings (SSSR count). The standard InChI is InChI=1S/C38H38N8O/c1-27(2)20-21-44-24-29(22-41-44)35-42-46-34(23-39-36(46)37(47)45(35)28(3)4)33-25-43(26-40-33)38(30-14-8-5-9-15-30,31-16-10-6-11-17-31)32-18-12-7-13-19-32/h5-19,22-28H,20-21H2,1-4H3. The first-order valence-corrected chi connectivity index (χ1v) is 16.1. The van der Waals surface area contributed by atoms with Gasteiger partial charge < -0.3 is 4.57 Å². The van der Waals surface area contributed by atoms with Crippen molar-refractivity contribution in [2.75, 3.05) is 0 Å². The van der Waals surface area contributed by atoms with E-state index in [1.165, 1.54) is 0 Å². The first-order chi connectivity index (χ1) is 22.9. The molecule has 0 atom stereocenters. The van der Waals surface area contributed by atoms with E-state index in [2.05, 4.69) is 101 Å². The Hall–Kier alpha value is -5.57. The van der Waals surface area contributed by atoms with Crippen LogP contribution in [0.2, 0.25) is 0 Å². The molecule has 0 aliphatic rings. The molecule has 0 bridgehead atoms. The summed E-state index contributed by atoms with van der Waals surface area (Å²) >= 11 is 0. The third-order valence-corrected chi connectivity index (χ3v) is 8.72. The summed E-state index contributed by atoms with van der Waals surface area (Å²) in [7, 11) is 0. The van der Waals surface area contributed by atoms with E-state index in [1.807, 2.05) is 55.4 Å². The van der Waals surface area contributed by atoms with Crippen LogP contribution in [0.25, 0.3) is 28.4 Å². The number of imidazole rings is 2. The summed E-state index contributed by atoms with van der Waals surface area (Å²) in [6.45, 7) is 9.15. The molecular formula is C38H38N8O. The Bertz CT molecular complexity index is 2080. The van der Waals surface area contributed by atoms with Gasteiger partial charge in [0, 0.05) is 25.0 Å². The van der Waals surface area contributed by atoms with E-state index in [0.717, 1.165) is 35.2 Å². The van der Waals surface area contributed by atoms with Crippen LogP contribution in [0.5, 0.6) is 0 Å². The van der Waals surface area contributed by atoms with Crippen LogP contribution in [0.15, 0.2) is 127 Å². The zero-order chi connectivity index (χ0) is 32.5. The zero-order valence-corrected chi connectivity index (χ0v) is 27.1. The fourth-order valence-electron chi connectivity index (χ4n) is 6.41. The fraction of sp³-hybridized carbons (Fsp3) is 0.237. The van der Waals surface area contributed by atoms with Crippen LogP contribution >= 0.6 is 0 Å². The molecule has 0 aliphatic heterocycles. The number of aryl methyl sites for hydroxylation is 1. The highest BCUT2D eigenvalue weighted by atomic mass is 16.1. The maximum absolute atomic E-state index is 13.9. The molecule has 3 aromatic carbocycles. The minimum atomic E-state index is -0.719. The number of fused-ring (bicyclic) bond motifs is 1. The molecule has 9 nitrogen and oxygen atoms in total. The van der Waals surface area contributed by atoms with Gasteiger partial charge >= 0.3 is 0 Å². The molecule has 236 valence electrons. The van der Waals surface area contributed by atoms with Crippen molar-refractivity contribution in [1.82, 2.24) is 38.5 Å². The predicted molar refractivity (Wildman–Crippen MR) is 184 cm³/mol. The Kier molecular flexibility index (Phi) is 7.89. The number of benzene rings is 3. The lowest BCUT2D eigenvalue weighted by Crippen LogP contribution is -2.36. The Labute approximate surface area is 273 Å². The first-order valence-electron chi connectivity index (χ1n) is 16.1. The number of hydrogen-bond donors (Lipinski definition) is 0. The highest BCUT2D eigenvalue weighted by Crippen LogP contribution is 2.41. The number of hydrogen-bond acceptors (Lipinski definition) is 5. The summed E-state index contributed by atoms with van der Waals surface area (Å²) < 4.78 is 7.39. The number of aromatic nitrogens is 8. The highest BCUT2D eigenvalue weighted by Gasteiger charge is 2.38. The van der Waals surface area contributed by atoms with Gasteiger partial charge in [0.05, 0.1) is 24.3 Å². The van der Waals surface area contributed by atoms with Gasteiger partial charge in [0.25, 0.3) is 5.56 Å². The molecule has 47 heavy (non-hydrogen) atoms. The van der Waals surface area contributed by atoms with Crippen molar-refractivity contribution in [2.24, 2.45) is 5.92 Å². The molecule has 0 saturated heterocycles. The second-order valence-corrected chi connectivity index (χ2v) is 12.6. The summed E-state index contributed by atoms with van der Waals surface area (Å²) in [5, 5.41) is 9.61. The van der Waals surface area contributed by atoms with Crippen LogP contribution < -0.4 is 5.56 Å². The monoisotopic (exact) mass is 622 g/mol. The van der Waals surface area contributed by atoms with Crippen LogP contribution in [0.3, 0.4) is 0 Å². The number of nitrogens with zero attached hydrogens (tertiary/aromatic N) is 8. The Balaban J connectivity index is 1.41. The fourth-order valence-corrected chi connectivity index (χ4v) is 6.41. The summed E-state index contributed by atoms with van der Waals surface area (Å²) in [6.07, 6.45) is 10.3. The topological polar surface area (TPSA) is 87.8 Å². The Morgan fingerprint density at radius 2 is 1.34 bits per heavy atom. The minimum Gasteiger partial charge on any atom is -0.318 e. The molecule has 4 heterocycles. The Morgan fingerprint density at radius 3 is 1.89 bits per heavy atom. The van der Waals surface area contributed by atoms with Crippen molar-refractivity contribution in [3.63, 3.8) is 0 Å². The van der Waals surface area contributed by atoms with Gasteiger partial charge in [0.1, 0.15) is 16.9 Å². The van der Waals surface area contributed by atoms with Gasteiger partial charge in [-0.25, -0.2) is 14.5 Å². The second kappa shape index (κ2) is 12.3. The van der Waals surface area contributed by atoms with Gasteiger partial charge in [0.15, 0.2) is 5.82 Å². The lowest BCUT2D eigenvalue weighted by atomic mass is 9.77. The van der Waals surface area contributed by atoms with Gasteiger partial charge in [-0.3, -0.25) is 14.0 Å². The van der Waals surface area contributed by atoms with Gasteiger partial charge in [-0.15, -0.1) is 5.10 Å². The molecule has 0 aliphatic carbocycles. The summed E-state index contributed by atoms with van der Waals surface area (Å²) in [4.78, 5) is 23.4. The van der Waals surface area contributed by atoms with E-state index in [1.54, 1.807) is 21.5 Å². The average Bonchev–Trinajstić information content (AvgIpc) is 3.86. The minimum absolute atomic E-state index is 0.128. The maximum atomic E-state index is 13.9.